The van der Waals surface area contributed by atoms with Gasteiger partial charge in [-0.15, -0.1) is 15.3 Å². The highest BCUT2D eigenvalue weighted by Crippen LogP contribution is 2.40. The van der Waals surface area contributed by atoms with Crippen LogP contribution >= 0.6 is 0 Å². The number of carbonyl (C=O) groups excluding carboxylic acids is 5. The van der Waals surface area contributed by atoms with Gasteiger partial charge in [-0.3, -0.25) is 24.0 Å². The standard InChI is InChI=1S/C81H137N14O36/c1-5-107-19-20-112-29-30-113-25-21-108-15-10-64(99)82-11-8-6-7-9-65(100)86-78(49-123-46-61-43-93(90-87-61)12-16-109-22-26-114-31-34-117-37-40-120-52-79-55-126-75(129-79)66(83-58(2)96)69(101)72(79)104,50-124-47-62-44-94(91-88-62)13-17-110-23-27-115-32-35-118-38-41-121-53-80-56-127-76(130-80)67(84-59(3)97)70(102)73(80)105)51-125-48-63-45-95(92-89-63)14-18-111-24-28-116-33-36-119-39-42-122-54-81-57-128-77(131-81)68(85-60(4)98)71(103)74(81)106/h43-45,66-77,101-106H,1,5-42,46-57H2,2-4H3,(H,82,99)(H,83,96)(H,84,97)(H,85,98)(H,86,100)/t66-,67-,68-,69-,70-,71-,72-,73-,74-,75+,76+,77+,79+,80+,81+/m1/s1. The highest BCUT2D eigenvalue weighted by molar-refractivity contribution is 5.77. The molecule has 50 nitrogen and oxygen atoms in total. The molecule has 6 aliphatic heterocycles. The van der Waals surface area contributed by atoms with Gasteiger partial charge < -0.3 is 176 Å². The number of unbranched alkanes of at least 4 members (excludes halogenated alkanes) is 2. The van der Waals surface area contributed by atoms with Crippen LogP contribution in [0.5, 0.6) is 0 Å². The van der Waals surface area contributed by atoms with Gasteiger partial charge in [-0.1, -0.05) is 22.1 Å². The first kappa shape index (κ1) is 108. The van der Waals surface area contributed by atoms with E-state index in [0.717, 1.165) is 0 Å². The van der Waals surface area contributed by atoms with Crippen LogP contribution in [-0.2, 0) is 182 Å². The number of carbonyl (C=O) groups is 5. The summed E-state index contributed by atoms with van der Waals surface area (Å²) in [5, 5.41) is 104. The number of aliphatic hydroxyl groups excluding tert-OH is 6. The number of aromatic nitrogens is 9. The largest absolute Gasteiger partial charge is 0.388 e. The quantitative estimate of drug-likeness (QED) is 0.0234. The number of fused-ring (bicyclic) bond motifs is 6. The van der Waals surface area contributed by atoms with Crippen molar-refractivity contribution < 1.29 is 173 Å². The first-order valence-electron chi connectivity index (χ1n) is 44.4. The van der Waals surface area contributed by atoms with Gasteiger partial charge in [-0.05, 0) is 19.8 Å². The zero-order valence-electron chi connectivity index (χ0n) is 75.2. The van der Waals surface area contributed by atoms with Crippen molar-refractivity contribution in [1.82, 2.24) is 71.6 Å². The van der Waals surface area contributed by atoms with Crippen molar-refractivity contribution in [1.29, 1.82) is 0 Å². The molecule has 9 heterocycles. The number of hydrogen-bond acceptors (Lipinski definition) is 42. The zero-order chi connectivity index (χ0) is 93.2. The molecule has 6 saturated heterocycles. The maximum atomic E-state index is 14.2. The number of nitrogens with one attached hydrogen (secondary N) is 5. The van der Waals surface area contributed by atoms with Crippen LogP contribution in [0.3, 0.4) is 0 Å². The van der Waals surface area contributed by atoms with Crippen LogP contribution in [0.2, 0.25) is 0 Å². The Morgan fingerprint density at radius 1 is 0.382 bits per heavy atom. The van der Waals surface area contributed by atoms with E-state index in [-0.39, 0.29) is 190 Å². The molecule has 15 atom stereocenters. The molecule has 131 heavy (non-hydrogen) atoms. The van der Waals surface area contributed by atoms with E-state index in [1.54, 1.807) is 32.6 Å². The topological polar surface area (TPSA) is 590 Å². The van der Waals surface area contributed by atoms with E-state index in [4.69, 9.17) is 118 Å². The van der Waals surface area contributed by atoms with Crippen molar-refractivity contribution in [3.05, 3.63) is 42.6 Å². The maximum absolute atomic E-state index is 14.2. The smallest absolute Gasteiger partial charge is 0.222 e. The SMILES string of the molecule is [CH2]COCCOCCOCCOCCC(=O)NCCCCCC(=O)NC(COCc1cn(CCOCCOCCOCCOC[C@@]23CO[C@@H](O2)[C@H](NC(C)=O)[C@@H](O)[C@H]3O)nn1)(COCc1cn(CCOCCOCCOCCOC[C@@]23CO[C@@H](O2)[C@H](NC(C)=O)[C@@H](O)[C@H]3O)nn1)COCc1cn(CCOCCOCCOCCOC[C@@]23CO[C@@H](O2)[C@H](NC(C)=O)[C@@H](O)[C@H]3O)nn1. The molecule has 6 bridgehead atoms. The highest BCUT2D eigenvalue weighted by atomic mass is 16.8. The number of hydrogen-bond donors (Lipinski definition) is 11. The average molecular weight is 1880 g/mol. The second kappa shape index (κ2) is 60.2. The van der Waals surface area contributed by atoms with E-state index in [9.17, 15) is 54.6 Å². The summed E-state index contributed by atoms with van der Waals surface area (Å²) in [6, 6.07) is -2.74. The molecule has 0 aliphatic carbocycles. The van der Waals surface area contributed by atoms with Crippen molar-refractivity contribution in [2.24, 2.45) is 0 Å². The minimum Gasteiger partial charge on any atom is -0.388 e. The third-order valence-electron chi connectivity index (χ3n) is 21.2. The van der Waals surface area contributed by atoms with Gasteiger partial charge in [0.15, 0.2) is 18.9 Å². The second-order valence-corrected chi connectivity index (χ2v) is 31.8. The molecular weight excluding hydrogens is 1740 g/mol. The third-order valence-corrected chi connectivity index (χ3v) is 21.2. The Bertz CT molecular complexity index is 3360. The molecule has 9 rings (SSSR count). The first-order valence-corrected chi connectivity index (χ1v) is 44.4. The lowest BCUT2D eigenvalue weighted by molar-refractivity contribution is -0.238. The summed E-state index contributed by atoms with van der Waals surface area (Å²) in [4.78, 5) is 61.7. The van der Waals surface area contributed by atoms with E-state index in [1.165, 1.54) is 20.8 Å². The van der Waals surface area contributed by atoms with Gasteiger partial charge in [0.1, 0.15) is 94.2 Å². The molecule has 0 aromatic carbocycles. The van der Waals surface area contributed by atoms with E-state index in [2.05, 4.69) is 64.4 Å². The predicted molar refractivity (Wildman–Crippen MR) is 444 cm³/mol. The fourth-order valence-electron chi connectivity index (χ4n) is 14.4. The lowest BCUT2D eigenvalue weighted by atomic mass is 9.88. The van der Waals surface area contributed by atoms with Crippen molar-refractivity contribution in [2.45, 2.75) is 188 Å². The summed E-state index contributed by atoms with van der Waals surface area (Å²) in [7, 11) is 0. The molecule has 3 aromatic rings. The minimum atomic E-state index is -1.35. The van der Waals surface area contributed by atoms with Gasteiger partial charge in [0.25, 0.3) is 0 Å². The molecular formula is C81H137N14O36. The van der Waals surface area contributed by atoms with Crippen molar-refractivity contribution >= 4 is 29.5 Å². The molecule has 6 fully saturated rings. The van der Waals surface area contributed by atoms with E-state index >= 15 is 0 Å². The van der Waals surface area contributed by atoms with Crippen LogP contribution in [0.4, 0.5) is 0 Å². The molecule has 50 heteroatoms. The number of amides is 5. The van der Waals surface area contributed by atoms with Gasteiger partial charge in [0.05, 0.1) is 303 Å². The van der Waals surface area contributed by atoms with Crippen molar-refractivity contribution in [2.75, 3.05) is 258 Å². The summed E-state index contributed by atoms with van der Waals surface area (Å²) in [5.74, 6) is -1.66. The van der Waals surface area contributed by atoms with Gasteiger partial charge in [0, 0.05) is 46.8 Å². The average Bonchev–Trinajstić information content (AvgIpc) is 1.61. The molecule has 0 saturated carbocycles. The van der Waals surface area contributed by atoms with Crippen LogP contribution in [0.15, 0.2) is 18.6 Å². The molecule has 11 N–H and O–H groups in total. The Hall–Kier alpha value is -6.47. The van der Waals surface area contributed by atoms with Crippen LogP contribution in [0.1, 0.15) is 70.0 Å². The lowest BCUT2D eigenvalue weighted by Crippen LogP contribution is -2.66. The summed E-state index contributed by atoms with van der Waals surface area (Å²) >= 11 is 0. The Labute approximate surface area is 759 Å². The van der Waals surface area contributed by atoms with Gasteiger partial charge in [-0.2, -0.15) is 0 Å². The number of nitrogens with zero attached hydrogens (tertiary/aromatic N) is 9. The van der Waals surface area contributed by atoms with Gasteiger partial charge in [-0.25, -0.2) is 14.0 Å². The predicted octanol–water partition coefficient (Wildman–Crippen LogP) is -6.51. The van der Waals surface area contributed by atoms with E-state index in [1.807, 2.05) is 0 Å². The molecule has 3 aromatic heterocycles. The van der Waals surface area contributed by atoms with E-state index < -0.39 is 114 Å². The fourth-order valence-corrected chi connectivity index (χ4v) is 14.4. The van der Waals surface area contributed by atoms with Crippen LogP contribution < -0.4 is 26.6 Å². The van der Waals surface area contributed by atoms with Crippen LogP contribution in [0.25, 0.3) is 0 Å². The Morgan fingerprint density at radius 2 is 0.672 bits per heavy atom. The zero-order valence-corrected chi connectivity index (χ0v) is 75.2. The van der Waals surface area contributed by atoms with Crippen molar-refractivity contribution in [3.63, 3.8) is 0 Å². The summed E-state index contributed by atoms with van der Waals surface area (Å²) in [5.41, 5.74) is -3.72. The molecule has 1 radical (unpaired) electrons. The fraction of sp³-hybridized carbons (Fsp3) is 0.852. The molecule has 747 valence electrons. The summed E-state index contributed by atoms with van der Waals surface area (Å²) in [6.07, 6.45) is -3.57. The molecule has 5 amide bonds. The normalized spacial score (nSPS) is 25.0. The Kier molecular flexibility index (Phi) is 49.7. The maximum Gasteiger partial charge on any atom is 0.222 e. The highest BCUT2D eigenvalue weighted by Gasteiger charge is 2.62. The minimum absolute atomic E-state index is 0.0200. The van der Waals surface area contributed by atoms with Crippen molar-refractivity contribution in [3.8, 4) is 0 Å². The second-order valence-electron chi connectivity index (χ2n) is 31.8. The number of rotatable bonds is 77. The Morgan fingerprint density at radius 3 is 0.977 bits per heavy atom. The summed E-state index contributed by atoms with van der Waals surface area (Å²) in [6.45, 7) is 16.9. The molecule has 0 spiro atoms. The van der Waals surface area contributed by atoms with Crippen LogP contribution in [0, 0.1) is 6.92 Å². The van der Waals surface area contributed by atoms with E-state index in [0.29, 0.717) is 168 Å². The summed E-state index contributed by atoms with van der Waals surface area (Å²) < 4.78 is 149. The third kappa shape index (κ3) is 37.9. The molecule has 6 aliphatic rings. The van der Waals surface area contributed by atoms with Gasteiger partial charge in [0.2, 0.25) is 29.5 Å². The van der Waals surface area contributed by atoms with Crippen LogP contribution in [-0.4, -0.2) is 459 Å². The first-order chi connectivity index (χ1) is 63.6. The number of aliphatic hydroxyl groups is 6. The van der Waals surface area contributed by atoms with Gasteiger partial charge >= 0.3 is 0 Å². The monoisotopic (exact) mass is 1880 g/mol. The lowest BCUT2D eigenvalue weighted by Gasteiger charge is -2.42. The molecule has 0 unspecified atom stereocenters. The Balaban J connectivity index is 0.704. The number of ether oxygens (including phenoxy) is 25.